The Balaban J connectivity index is 2.48. The second-order valence-corrected chi connectivity index (χ2v) is 4.90. The summed E-state index contributed by atoms with van der Waals surface area (Å²) in [4.78, 5) is 19.0. The van der Waals surface area contributed by atoms with Crippen LogP contribution in [-0.2, 0) is 0 Å². The van der Waals surface area contributed by atoms with E-state index in [1.165, 1.54) is 12.1 Å². The third-order valence-corrected chi connectivity index (χ3v) is 3.29. The molecule has 4 nitrogen and oxygen atoms in total. The predicted octanol–water partition coefficient (Wildman–Crippen LogP) is 3.90. The molecule has 0 fully saturated rings. The van der Waals surface area contributed by atoms with E-state index in [-0.39, 0.29) is 16.5 Å². The highest BCUT2D eigenvalue weighted by molar-refractivity contribution is 9.10. The molecule has 0 radical (unpaired) electrons. The molecule has 19 heavy (non-hydrogen) atoms. The van der Waals surface area contributed by atoms with Gasteiger partial charge in [0.05, 0.1) is 11.3 Å². The molecule has 2 aromatic rings. The summed E-state index contributed by atoms with van der Waals surface area (Å²) in [5.74, 6) is 0.236. The normalized spacial score (nSPS) is 10.3. The summed E-state index contributed by atoms with van der Waals surface area (Å²) < 4.78 is 13.8. The van der Waals surface area contributed by atoms with Crippen molar-refractivity contribution >= 4 is 45.3 Å². The fourth-order valence-electron chi connectivity index (χ4n) is 1.47. The number of rotatable bonds is 3. The Bertz CT molecular complexity index is 651. The first-order valence-electron chi connectivity index (χ1n) is 5.22. The third kappa shape index (κ3) is 3.08. The van der Waals surface area contributed by atoms with Crippen molar-refractivity contribution in [3.05, 3.63) is 45.0 Å². The van der Waals surface area contributed by atoms with E-state index in [0.717, 1.165) is 0 Å². The van der Waals surface area contributed by atoms with Gasteiger partial charge < -0.3 is 5.32 Å². The molecule has 0 aliphatic rings. The third-order valence-electron chi connectivity index (χ3n) is 2.31. The quantitative estimate of drug-likeness (QED) is 0.678. The van der Waals surface area contributed by atoms with Gasteiger partial charge in [0.2, 0.25) is 0 Å². The van der Waals surface area contributed by atoms with Crippen molar-refractivity contribution in [1.29, 1.82) is 0 Å². The number of halogens is 3. The fourth-order valence-corrected chi connectivity index (χ4v) is 2.07. The van der Waals surface area contributed by atoms with Gasteiger partial charge >= 0.3 is 0 Å². The molecule has 0 aliphatic heterocycles. The second kappa shape index (κ2) is 5.63. The van der Waals surface area contributed by atoms with Gasteiger partial charge in [0.15, 0.2) is 6.29 Å². The number of anilines is 2. The summed E-state index contributed by atoms with van der Waals surface area (Å²) >= 11 is 9.14. The first-order valence-corrected chi connectivity index (χ1v) is 6.39. The number of benzene rings is 1. The van der Waals surface area contributed by atoms with Crippen LogP contribution < -0.4 is 5.32 Å². The molecule has 0 bridgehead atoms. The van der Waals surface area contributed by atoms with Gasteiger partial charge in [-0.25, -0.2) is 14.4 Å². The molecule has 1 aromatic heterocycles. The average molecular weight is 345 g/mol. The van der Waals surface area contributed by atoms with E-state index in [2.05, 4.69) is 31.2 Å². The van der Waals surface area contributed by atoms with Gasteiger partial charge in [-0.15, -0.1) is 0 Å². The topological polar surface area (TPSA) is 54.9 Å². The molecule has 0 amide bonds. The summed E-state index contributed by atoms with van der Waals surface area (Å²) in [6.45, 7) is 1.65. The van der Waals surface area contributed by atoms with Crippen molar-refractivity contribution in [3.8, 4) is 0 Å². The molecule has 0 saturated heterocycles. The molecule has 0 atom stereocenters. The number of aromatic nitrogens is 2. The minimum atomic E-state index is -0.407. The van der Waals surface area contributed by atoms with Crippen LogP contribution in [0.5, 0.6) is 0 Å². The van der Waals surface area contributed by atoms with Crippen molar-refractivity contribution in [2.24, 2.45) is 0 Å². The van der Waals surface area contributed by atoms with Crippen LogP contribution in [0.1, 0.15) is 16.2 Å². The van der Waals surface area contributed by atoms with E-state index in [9.17, 15) is 9.18 Å². The number of aldehydes is 1. The maximum Gasteiger partial charge on any atom is 0.156 e. The van der Waals surface area contributed by atoms with E-state index in [4.69, 9.17) is 11.6 Å². The Kier molecular flexibility index (Phi) is 4.11. The highest BCUT2D eigenvalue weighted by atomic mass is 79.9. The number of nitrogens with zero attached hydrogens (tertiary/aromatic N) is 2. The molecule has 0 aliphatic carbocycles. The van der Waals surface area contributed by atoms with E-state index in [1.54, 1.807) is 13.0 Å². The maximum absolute atomic E-state index is 13.2. The zero-order valence-electron chi connectivity index (χ0n) is 9.75. The Labute approximate surface area is 122 Å². The van der Waals surface area contributed by atoms with Gasteiger partial charge in [0.1, 0.15) is 22.6 Å². The van der Waals surface area contributed by atoms with Gasteiger partial charge in [-0.2, -0.15) is 0 Å². The highest BCUT2D eigenvalue weighted by Crippen LogP contribution is 2.28. The van der Waals surface area contributed by atoms with Crippen molar-refractivity contribution in [2.75, 3.05) is 5.32 Å². The fraction of sp³-hybridized carbons (Fsp3) is 0.0833. The summed E-state index contributed by atoms with van der Waals surface area (Å²) in [5, 5.41) is 2.91. The van der Waals surface area contributed by atoms with E-state index in [0.29, 0.717) is 22.3 Å². The molecule has 1 aromatic carbocycles. The number of aryl methyl sites for hydroxylation is 1. The zero-order valence-corrected chi connectivity index (χ0v) is 12.1. The van der Waals surface area contributed by atoms with E-state index in [1.807, 2.05) is 0 Å². The zero-order chi connectivity index (χ0) is 14.0. The standard InChI is InChI=1S/C12H8BrClFN3O/c1-6-16-11(14)8(5-19)12(17-6)18-10-4-7(15)2-3-9(10)13/h2-5H,1H3,(H,16,17,18). The minimum Gasteiger partial charge on any atom is -0.338 e. The average Bonchev–Trinajstić information content (AvgIpc) is 2.33. The van der Waals surface area contributed by atoms with Crippen molar-refractivity contribution in [3.63, 3.8) is 0 Å². The lowest BCUT2D eigenvalue weighted by Gasteiger charge is -2.11. The largest absolute Gasteiger partial charge is 0.338 e. The summed E-state index contributed by atoms with van der Waals surface area (Å²) in [6, 6.07) is 4.14. The van der Waals surface area contributed by atoms with Crippen LogP contribution in [0.2, 0.25) is 5.15 Å². The maximum atomic E-state index is 13.2. The van der Waals surface area contributed by atoms with Crippen LogP contribution in [-0.4, -0.2) is 16.3 Å². The summed E-state index contributed by atoms with van der Waals surface area (Å²) in [5.41, 5.74) is 0.570. The van der Waals surface area contributed by atoms with E-state index >= 15 is 0 Å². The van der Waals surface area contributed by atoms with Crippen molar-refractivity contribution < 1.29 is 9.18 Å². The number of carbonyl (C=O) groups excluding carboxylic acids is 1. The molecule has 2 rings (SSSR count). The number of nitrogens with one attached hydrogen (secondary N) is 1. The Morgan fingerprint density at radius 1 is 1.42 bits per heavy atom. The van der Waals surface area contributed by atoms with Crippen LogP contribution in [0.4, 0.5) is 15.9 Å². The van der Waals surface area contributed by atoms with Crippen molar-refractivity contribution in [2.45, 2.75) is 6.92 Å². The van der Waals surface area contributed by atoms with Gasteiger partial charge in [0.25, 0.3) is 0 Å². The second-order valence-electron chi connectivity index (χ2n) is 3.69. The smallest absolute Gasteiger partial charge is 0.156 e. The summed E-state index contributed by atoms with van der Waals surface area (Å²) in [7, 11) is 0. The van der Waals surface area contributed by atoms with Gasteiger partial charge in [-0.3, -0.25) is 4.79 Å². The number of hydrogen-bond acceptors (Lipinski definition) is 4. The molecule has 0 spiro atoms. The van der Waals surface area contributed by atoms with Crippen LogP contribution >= 0.6 is 27.5 Å². The summed E-state index contributed by atoms with van der Waals surface area (Å²) in [6.07, 6.45) is 0.553. The van der Waals surface area contributed by atoms with Crippen LogP contribution in [0.3, 0.4) is 0 Å². The molecule has 1 N–H and O–H groups in total. The highest BCUT2D eigenvalue weighted by Gasteiger charge is 2.12. The van der Waals surface area contributed by atoms with Crippen molar-refractivity contribution in [1.82, 2.24) is 9.97 Å². The Hall–Kier alpha value is -1.53. The van der Waals surface area contributed by atoms with Crippen LogP contribution in [0.15, 0.2) is 22.7 Å². The lowest BCUT2D eigenvalue weighted by molar-refractivity contribution is 0.112. The monoisotopic (exact) mass is 343 g/mol. The van der Waals surface area contributed by atoms with Gasteiger partial charge in [-0.05, 0) is 41.1 Å². The first kappa shape index (κ1) is 13.9. The molecule has 98 valence electrons. The predicted molar refractivity (Wildman–Crippen MR) is 74.5 cm³/mol. The molecular formula is C12H8BrClFN3O. The number of carbonyl (C=O) groups is 1. The lowest BCUT2D eigenvalue weighted by Crippen LogP contribution is -2.04. The molecule has 7 heteroatoms. The number of hydrogen-bond donors (Lipinski definition) is 1. The van der Waals surface area contributed by atoms with E-state index < -0.39 is 5.82 Å². The lowest BCUT2D eigenvalue weighted by atomic mass is 10.2. The Morgan fingerprint density at radius 3 is 2.84 bits per heavy atom. The van der Waals surface area contributed by atoms with Gasteiger partial charge in [-0.1, -0.05) is 11.6 Å². The van der Waals surface area contributed by atoms with Crippen LogP contribution in [0.25, 0.3) is 0 Å². The van der Waals surface area contributed by atoms with Gasteiger partial charge in [0, 0.05) is 4.47 Å². The van der Waals surface area contributed by atoms with Crippen LogP contribution in [0, 0.1) is 12.7 Å². The molecule has 1 heterocycles. The molecule has 0 unspecified atom stereocenters. The SMILES string of the molecule is Cc1nc(Cl)c(C=O)c(Nc2cc(F)ccc2Br)n1. The first-order chi connectivity index (χ1) is 9.01. The molecular weight excluding hydrogens is 337 g/mol. The molecule has 0 saturated carbocycles. The minimum absolute atomic E-state index is 0.0533. The Morgan fingerprint density at radius 2 is 2.16 bits per heavy atom.